The molecule has 1 unspecified atom stereocenters. The van der Waals surface area contributed by atoms with Gasteiger partial charge in [-0.25, -0.2) is 4.79 Å². The van der Waals surface area contributed by atoms with Gasteiger partial charge < -0.3 is 15.0 Å². The Kier molecular flexibility index (Phi) is 7.16. The maximum Gasteiger partial charge on any atom is 0.337 e. The van der Waals surface area contributed by atoms with Crippen molar-refractivity contribution in [1.29, 1.82) is 0 Å². The van der Waals surface area contributed by atoms with Crippen molar-refractivity contribution in [3.05, 3.63) is 64.7 Å². The van der Waals surface area contributed by atoms with Crippen LogP contribution in [0.25, 0.3) is 0 Å². The molecule has 2 aliphatic rings. The Morgan fingerprint density at radius 1 is 1.14 bits per heavy atom. The summed E-state index contributed by atoms with van der Waals surface area (Å²) in [6.07, 6.45) is 0.964. The van der Waals surface area contributed by atoms with Crippen LogP contribution in [-0.4, -0.2) is 54.8 Å². The molecule has 8 nitrogen and oxygen atoms in total. The third-order valence-electron chi connectivity index (χ3n) is 6.36. The van der Waals surface area contributed by atoms with Gasteiger partial charge in [-0.05, 0) is 55.2 Å². The van der Waals surface area contributed by atoms with Crippen molar-refractivity contribution in [2.45, 2.75) is 38.8 Å². The van der Waals surface area contributed by atoms with E-state index in [9.17, 15) is 19.2 Å². The molecule has 180 valence electrons. The summed E-state index contributed by atoms with van der Waals surface area (Å²) in [5.41, 5.74) is 3.37. The number of carbonyl (C=O) groups excluding carboxylic acids is 4. The fourth-order valence-corrected chi connectivity index (χ4v) is 4.46. The van der Waals surface area contributed by atoms with E-state index in [1.165, 1.54) is 12.0 Å². The second kappa shape index (κ2) is 10.4. The van der Waals surface area contributed by atoms with Crippen LogP contribution in [0.5, 0.6) is 0 Å². The minimum atomic E-state index is -0.833. The van der Waals surface area contributed by atoms with Gasteiger partial charge in [0.1, 0.15) is 6.04 Å². The van der Waals surface area contributed by atoms with Crippen LogP contribution in [0.1, 0.15) is 51.6 Å². The fraction of sp³-hybridized carbons (Fsp3) is 0.333. The lowest BCUT2D eigenvalue weighted by molar-refractivity contribution is -0.132. The number of carbonyl (C=O) groups is 4. The lowest BCUT2D eigenvalue weighted by atomic mass is 9.97. The normalized spacial score (nSPS) is 16.8. The van der Waals surface area contributed by atoms with Gasteiger partial charge in [0.05, 0.1) is 30.5 Å². The van der Waals surface area contributed by atoms with Crippen molar-refractivity contribution in [3.8, 4) is 11.8 Å². The SMILES string of the molecule is CC#CCN1C(=O)C(CCC(=O)N2CCc3ccc(C(=O)OC)cc3C2)NC(=O)c2ccccc21. The van der Waals surface area contributed by atoms with Gasteiger partial charge in [0.25, 0.3) is 5.91 Å². The summed E-state index contributed by atoms with van der Waals surface area (Å²) in [5, 5.41) is 2.79. The number of fused-ring (bicyclic) bond motifs is 2. The Hall–Kier alpha value is -4.12. The highest BCUT2D eigenvalue weighted by Gasteiger charge is 2.34. The standard InChI is InChI=1S/C27H27N3O5/c1-3-4-14-30-23-8-6-5-7-21(23)25(32)28-22(26(30)33)11-12-24(31)29-15-13-18-9-10-19(27(34)35-2)16-20(18)17-29/h5-10,16,22H,11-15,17H2,1-2H3,(H,28,32). The molecule has 1 atom stereocenters. The molecular formula is C27H27N3O5. The molecule has 1 N–H and O–H groups in total. The molecule has 0 saturated carbocycles. The van der Waals surface area contributed by atoms with Crippen molar-refractivity contribution in [1.82, 2.24) is 10.2 Å². The Morgan fingerprint density at radius 3 is 2.71 bits per heavy atom. The topological polar surface area (TPSA) is 96.0 Å². The Balaban J connectivity index is 1.46. The summed E-state index contributed by atoms with van der Waals surface area (Å²) in [4.78, 5) is 54.3. The predicted molar refractivity (Wildman–Crippen MR) is 130 cm³/mol. The van der Waals surface area contributed by atoms with E-state index in [2.05, 4.69) is 17.2 Å². The molecule has 0 saturated heterocycles. The van der Waals surface area contributed by atoms with Gasteiger partial charge in [-0.2, -0.15) is 0 Å². The number of anilines is 1. The zero-order valence-corrected chi connectivity index (χ0v) is 19.8. The second-order valence-corrected chi connectivity index (χ2v) is 8.47. The number of esters is 1. The monoisotopic (exact) mass is 473 g/mol. The number of nitrogens with one attached hydrogen (secondary N) is 1. The third-order valence-corrected chi connectivity index (χ3v) is 6.36. The molecule has 0 fully saturated rings. The maximum atomic E-state index is 13.3. The molecule has 3 amide bonds. The van der Waals surface area contributed by atoms with Gasteiger partial charge >= 0.3 is 5.97 Å². The first-order valence-corrected chi connectivity index (χ1v) is 11.5. The number of amides is 3. The van der Waals surface area contributed by atoms with E-state index in [0.29, 0.717) is 36.3 Å². The van der Waals surface area contributed by atoms with Gasteiger partial charge in [0, 0.05) is 19.5 Å². The first kappa shape index (κ1) is 24.0. The Labute approximate surface area is 204 Å². The molecule has 0 aliphatic carbocycles. The summed E-state index contributed by atoms with van der Waals surface area (Å²) in [6, 6.07) is 11.5. The van der Waals surface area contributed by atoms with Crippen LogP contribution < -0.4 is 10.2 Å². The lowest BCUT2D eigenvalue weighted by Crippen LogP contribution is -2.47. The van der Waals surface area contributed by atoms with E-state index in [-0.39, 0.29) is 37.1 Å². The first-order chi connectivity index (χ1) is 16.9. The number of hydrogen-bond acceptors (Lipinski definition) is 5. The summed E-state index contributed by atoms with van der Waals surface area (Å²) in [5.74, 6) is 4.53. The van der Waals surface area contributed by atoms with E-state index < -0.39 is 12.0 Å². The maximum absolute atomic E-state index is 13.3. The number of benzene rings is 2. The number of methoxy groups -OCH3 is 1. The molecule has 4 rings (SSSR count). The molecule has 2 aromatic carbocycles. The van der Waals surface area contributed by atoms with Crippen LogP contribution in [0.3, 0.4) is 0 Å². The van der Waals surface area contributed by atoms with E-state index in [1.807, 2.05) is 6.07 Å². The minimum Gasteiger partial charge on any atom is -0.465 e. The molecule has 0 bridgehead atoms. The molecular weight excluding hydrogens is 446 g/mol. The van der Waals surface area contributed by atoms with E-state index in [4.69, 9.17) is 4.74 Å². The molecule has 0 radical (unpaired) electrons. The molecule has 0 spiro atoms. The van der Waals surface area contributed by atoms with E-state index in [0.717, 1.165) is 11.1 Å². The van der Waals surface area contributed by atoms with Crippen LogP contribution in [0.2, 0.25) is 0 Å². The van der Waals surface area contributed by atoms with Gasteiger partial charge in [0.15, 0.2) is 0 Å². The first-order valence-electron chi connectivity index (χ1n) is 11.5. The molecule has 2 heterocycles. The van der Waals surface area contributed by atoms with Crippen LogP contribution in [0.15, 0.2) is 42.5 Å². The van der Waals surface area contributed by atoms with Crippen molar-refractivity contribution >= 4 is 29.4 Å². The van der Waals surface area contributed by atoms with Crippen molar-refractivity contribution in [2.75, 3.05) is 25.1 Å². The van der Waals surface area contributed by atoms with E-state index >= 15 is 0 Å². The summed E-state index contributed by atoms with van der Waals surface area (Å²) in [7, 11) is 1.33. The van der Waals surface area contributed by atoms with Crippen molar-refractivity contribution in [3.63, 3.8) is 0 Å². The quantitative estimate of drug-likeness (QED) is 0.531. The van der Waals surface area contributed by atoms with Gasteiger partial charge in [0.2, 0.25) is 11.8 Å². The van der Waals surface area contributed by atoms with Gasteiger partial charge in [-0.1, -0.05) is 24.1 Å². The predicted octanol–water partition coefficient (Wildman–Crippen LogP) is 2.31. The largest absolute Gasteiger partial charge is 0.465 e. The summed E-state index contributed by atoms with van der Waals surface area (Å²) in [6.45, 7) is 2.79. The highest BCUT2D eigenvalue weighted by atomic mass is 16.5. The van der Waals surface area contributed by atoms with Crippen molar-refractivity contribution < 1.29 is 23.9 Å². The molecule has 2 aliphatic heterocycles. The summed E-state index contributed by atoms with van der Waals surface area (Å²) < 4.78 is 4.79. The van der Waals surface area contributed by atoms with Crippen LogP contribution in [-0.2, 0) is 27.3 Å². The van der Waals surface area contributed by atoms with Gasteiger partial charge in [-0.15, -0.1) is 5.92 Å². The summed E-state index contributed by atoms with van der Waals surface area (Å²) >= 11 is 0. The Bertz CT molecular complexity index is 1240. The number of para-hydroxylation sites is 1. The molecule has 2 aromatic rings. The highest BCUT2D eigenvalue weighted by molar-refractivity contribution is 6.11. The van der Waals surface area contributed by atoms with Crippen molar-refractivity contribution in [2.24, 2.45) is 0 Å². The van der Waals surface area contributed by atoms with Crippen LogP contribution in [0.4, 0.5) is 5.69 Å². The molecule has 35 heavy (non-hydrogen) atoms. The number of ether oxygens (including phenoxy) is 1. The third kappa shape index (κ3) is 5.04. The van der Waals surface area contributed by atoms with Crippen LogP contribution >= 0.6 is 0 Å². The zero-order chi connectivity index (χ0) is 24.9. The average Bonchev–Trinajstić information content (AvgIpc) is 2.99. The molecule has 8 heteroatoms. The number of nitrogens with zero attached hydrogens (tertiary/aromatic N) is 2. The number of hydrogen-bond donors (Lipinski definition) is 1. The van der Waals surface area contributed by atoms with Gasteiger partial charge in [-0.3, -0.25) is 19.3 Å². The lowest BCUT2D eigenvalue weighted by Gasteiger charge is -2.30. The van der Waals surface area contributed by atoms with Crippen LogP contribution in [0, 0.1) is 11.8 Å². The molecule has 0 aromatic heterocycles. The number of rotatable bonds is 5. The minimum absolute atomic E-state index is 0.104. The second-order valence-electron chi connectivity index (χ2n) is 8.47. The van der Waals surface area contributed by atoms with E-state index in [1.54, 1.807) is 48.2 Å². The fourth-order valence-electron chi connectivity index (χ4n) is 4.46. The zero-order valence-electron chi connectivity index (χ0n) is 19.8. The Morgan fingerprint density at radius 2 is 1.94 bits per heavy atom. The average molecular weight is 474 g/mol. The smallest absolute Gasteiger partial charge is 0.337 e. The highest BCUT2D eigenvalue weighted by Crippen LogP contribution is 2.26.